The van der Waals surface area contributed by atoms with Crippen LogP contribution in [0.15, 0.2) is 71.2 Å². The van der Waals surface area contributed by atoms with Gasteiger partial charge in [-0.05, 0) is 55.5 Å². The molecule has 0 aliphatic heterocycles. The first kappa shape index (κ1) is 19.6. The molecule has 0 atom stereocenters. The second kappa shape index (κ2) is 9.14. The van der Waals surface area contributed by atoms with Gasteiger partial charge in [0.05, 0.1) is 5.56 Å². The molecule has 2 aromatic carbocycles. The van der Waals surface area contributed by atoms with Crippen LogP contribution >= 0.6 is 15.9 Å². The number of para-hydroxylation sites is 1. The largest absolute Gasteiger partial charge is 0.483 e. The van der Waals surface area contributed by atoms with Crippen LogP contribution in [0, 0.1) is 6.92 Å². The Balaban J connectivity index is 1.64. The number of amides is 2. The van der Waals surface area contributed by atoms with E-state index in [4.69, 9.17) is 4.74 Å². The van der Waals surface area contributed by atoms with E-state index in [1.807, 2.05) is 31.2 Å². The lowest BCUT2D eigenvalue weighted by Crippen LogP contribution is -2.21. The second-order valence-corrected chi connectivity index (χ2v) is 6.87. The number of carbonyl (C=O) groups is 2. The van der Waals surface area contributed by atoms with Crippen LogP contribution in [0.2, 0.25) is 0 Å². The van der Waals surface area contributed by atoms with E-state index in [1.54, 1.807) is 42.5 Å². The first-order chi connectivity index (χ1) is 13.5. The number of hydrogen-bond acceptors (Lipinski definition) is 4. The van der Waals surface area contributed by atoms with Crippen LogP contribution in [-0.2, 0) is 4.79 Å². The summed E-state index contributed by atoms with van der Waals surface area (Å²) in [5, 5.41) is 5.48. The molecule has 0 bridgehead atoms. The van der Waals surface area contributed by atoms with Gasteiger partial charge in [-0.3, -0.25) is 9.59 Å². The fraction of sp³-hybridized carbons (Fsp3) is 0.0952. The molecule has 0 saturated carbocycles. The Morgan fingerprint density at radius 3 is 2.46 bits per heavy atom. The minimum absolute atomic E-state index is 0.219. The van der Waals surface area contributed by atoms with Gasteiger partial charge >= 0.3 is 0 Å². The van der Waals surface area contributed by atoms with E-state index in [-0.39, 0.29) is 18.4 Å². The molecule has 0 spiro atoms. The van der Waals surface area contributed by atoms with Gasteiger partial charge in [-0.15, -0.1) is 0 Å². The van der Waals surface area contributed by atoms with Crippen molar-refractivity contribution in [1.29, 1.82) is 0 Å². The molecule has 0 aliphatic rings. The van der Waals surface area contributed by atoms with Gasteiger partial charge in [0.2, 0.25) is 0 Å². The van der Waals surface area contributed by atoms with E-state index in [1.165, 1.54) is 0 Å². The Labute approximate surface area is 171 Å². The van der Waals surface area contributed by atoms with Crippen molar-refractivity contribution in [2.24, 2.45) is 0 Å². The van der Waals surface area contributed by atoms with Crippen molar-refractivity contribution in [3.8, 4) is 5.75 Å². The van der Waals surface area contributed by atoms with E-state index >= 15 is 0 Å². The van der Waals surface area contributed by atoms with Crippen molar-refractivity contribution in [3.05, 3.63) is 82.5 Å². The molecule has 0 aliphatic carbocycles. The number of pyridine rings is 1. The van der Waals surface area contributed by atoms with E-state index in [2.05, 4.69) is 31.5 Å². The highest BCUT2D eigenvalue weighted by atomic mass is 79.9. The first-order valence-corrected chi connectivity index (χ1v) is 9.33. The molecule has 0 fully saturated rings. The predicted octanol–water partition coefficient (Wildman–Crippen LogP) is 4.42. The van der Waals surface area contributed by atoms with Gasteiger partial charge in [-0.2, -0.15) is 0 Å². The van der Waals surface area contributed by atoms with Crippen molar-refractivity contribution in [2.45, 2.75) is 6.92 Å². The summed E-state index contributed by atoms with van der Waals surface area (Å²) in [7, 11) is 0. The van der Waals surface area contributed by atoms with Crippen molar-refractivity contribution in [2.75, 3.05) is 17.2 Å². The zero-order valence-corrected chi connectivity index (χ0v) is 16.7. The number of aryl methyl sites for hydroxylation is 1. The number of ether oxygens (including phenoxy) is 1. The standard InChI is InChI=1S/C21H18BrN3O3/c1-14-5-4-8-19(23-14)25-21(27)17-6-2-3-7-18(17)28-13-20(26)24-16-11-9-15(22)10-12-16/h2-12H,13H2,1H3,(H,24,26)(H,23,25,27). The normalized spacial score (nSPS) is 10.2. The van der Waals surface area contributed by atoms with Crippen molar-refractivity contribution in [3.63, 3.8) is 0 Å². The highest BCUT2D eigenvalue weighted by molar-refractivity contribution is 9.10. The van der Waals surface area contributed by atoms with Crippen LogP contribution in [0.4, 0.5) is 11.5 Å². The lowest BCUT2D eigenvalue weighted by atomic mass is 10.2. The van der Waals surface area contributed by atoms with Crippen molar-refractivity contribution < 1.29 is 14.3 Å². The molecule has 28 heavy (non-hydrogen) atoms. The van der Waals surface area contributed by atoms with Crippen LogP contribution in [0.3, 0.4) is 0 Å². The Morgan fingerprint density at radius 1 is 0.964 bits per heavy atom. The van der Waals surface area contributed by atoms with Crippen LogP contribution in [0.25, 0.3) is 0 Å². The summed E-state index contributed by atoms with van der Waals surface area (Å²) < 4.78 is 6.50. The maximum Gasteiger partial charge on any atom is 0.262 e. The summed E-state index contributed by atoms with van der Waals surface area (Å²) in [6.45, 7) is 1.62. The number of carbonyl (C=O) groups excluding carboxylic acids is 2. The summed E-state index contributed by atoms with van der Waals surface area (Å²) in [6, 6.07) is 19.3. The molecule has 3 aromatic rings. The number of hydrogen-bond donors (Lipinski definition) is 2. The summed E-state index contributed by atoms with van der Waals surface area (Å²) in [6.07, 6.45) is 0. The molecular weight excluding hydrogens is 422 g/mol. The monoisotopic (exact) mass is 439 g/mol. The van der Waals surface area contributed by atoms with Gasteiger partial charge in [-0.25, -0.2) is 4.98 Å². The van der Waals surface area contributed by atoms with E-state index in [0.29, 0.717) is 22.8 Å². The number of benzene rings is 2. The molecule has 3 rings (SSSR count). The average molecular weight is 440 g/mol. The fourth-order valence-corrected chi connectivity index (χ4v) is 2.71. The highest BCUT2D eigenvalue weighted by Crippen LogP contribution is 2.20. The minimum Gasteiger partial charge on any atom is -0.483 e. The molecule has 0 radical (unpaired) electrons. The Kier molecular flexibility index (Phi) is 6.39. The zero-order valence-electron chi connectivity index (χ0n) is 15.1. The molecule has 6 nitrogen and oxygen atoms in total. The van der Waals surface area contributed by atoms with Crippen LogP contribution in [0.1, 0.15) is 16.1 Å². The number of nitrogens with one attached hydrogen (secondary N) is 2. The summed E-state index contributed by atoms with van der Waals surface area (Å²) in [5.41, 5.74) is 1.78. The van der Waals surface area contributed by atoms with Gasteiger partial charge in [0.15, 0.2) is 6.61 Å². The van der Waals surface area contributed by atoms with Gasteiger partial charge in [-0.1, -0.05) is 34.1 Å². The molecule has 1 aromatic heterocycles. The molecule has 0 unspecified atom stereocenters. The Morgan fingerprint density at radius 2 is 1.71 bits per heavy atom. The first-order valence-electron chi connectivity index (χ1n) is 8.53. The number of nitrogens with zero attached hydrogens (tertiary/aromatic N) is 1. The quantitative estimate of drug-likeness (QED) is 0.595. The minimum atomic E-state index is -0.359. The summed E-state index contributed by atoms with van der Waals surface area (Å²) >= 11 is 3.34. The fourth-order valence-electron chi connectivity index (χ4n) is 2.45. The molecule has 0 saturated heterocycles. The predicted molar refractivity (Wildman–Crippen MR) is 112 cm³/mol. The Hall–Kier alpha value is -3.19. The maximum absolute atomic E-state index is 12.6. The molecule has 142 valence electrons. The Bertz CT molecular complexity index is 990. The van der Waals surface area contributed by atoms with Crippen molar-refractivity contribution in [1.82, 2.24) is 4.98 Å². The zero-order chi connectivity index (χ0) is 19.9. The maximum atomic E-state index is 12.6. The molecule has 2 amide bonds. The van der Waals surface area contributed by atoms with Crippen LogP contribution < -0.4 is 15.4 Å². The summed E-state index contributed by atoms with van der Waals surface area (Å²) in [5.74, 6) is 0.0892. The second-order valence-electron chi connectivity index (χ2n) is 5.96. The van der Waals surface area contributed by atoms with Crippen LogP contribution in [0.5, 0.6) is 5.75 Å². The topological polar surface area (TPSA) is 80.3 Å². The third kappa shape index (κ3) is 5.40. The van der Waals surface area contributed by atoms with Gasteiger partial charge in [0.25, 0.3) is 11.8 Å². The van der Waals surface area contributed by atoms with Crippen LogP contribution in [-0.4, -0.2) is 23.4 Å². The highest BCUT2D eigenvalue weighted by Gasteiger charge is 2.14. The lowest BCUT2D eigenvalue weighted by molar-refractivity contribution is -0.118. The van der Waals surface area contributed by atoms with E-state index in [9.17, 15) is 9.59 Å². The molecule has 7 heteroatoms. The number of halogens is 1. The lowest BCUT2D eigenvalue weighted by Gasteiger charge is -2.12. The van der Waals surface area contributed by atoms with E-state index in [0.717, 1.165) is 10.2 Å². The van der Waals surface area contributed by atoms with Gasteiger partial charge in [0.1, 0.15) is 11.6 Å². The SMILES string of the molecule is Cc1cccc(NC(=O)c2ccccc2OCC(=O)Nc2ccc(Br)cc2)n1. The number of aromatic nitrogens is 1. The van der Waals surface area contributed by atoms with E-state index < -0.39 is 0 Å². The van der Waals surface area contributed by atoms with Crippen molar-refractivity contribution >= 4 is 39.2 Å². The third-order valence-corrected chi connectivity index (χ3v) is 4.28. The number of rotatable bonds is 6. The van der Waals surface area contributed by atoms with Gasteiger partial charge < -0.3 is 15.4 Å². The number of anilines is 2. The molecule has 2 N–H and O–H groups in total. The molecule has 1 heterocycles. The van der Waals surface area contributed by atoms with Gasteiger partial charge in [0, 0.05) is 15.9 Å². The molecular formula is C21H18BrN3O3. The average Bonchev–Trinajstić information content (AvgIpc) is 2.68. The smallest absolute Gasteiger partial charge is 0.262 e. The summed E-state index contributed by atoms with van der Waals surface area (Å²) in [4.78, 5) is 29.0. The third-order valence-electron chi connectivity index (χ3n) is 3.75.